The molecule has 1 aliphatic rings. The summed E-state index contributed by atoms with van der Waals surface area (Å²) < 4.78 is 20.1. The minimum Gasteiger partial charge on any atom is -0.361 e. The van der Waals surface area contributed by atoms with Crippen molar-refractivity contribution in [2.75, 3.05) is 26.7 Å². The van der Waals surface area contributed by atoms with E-state index in [0.717, 1.165) is 16.7 Å². The van der Waals surface area contributed by atoms with E-state index in [4.69, 9.17) is 4.74 Å². The van der Waals surface area contributed by atoms with Crippen LogP contribution < -0.4 is 5.32 Å². The lowest BCUT2D eigenvalue weighted by Gasteiger charge is -2.41. The molecule has 1 atom stereocenters. The summed E-state index contributed by atoms with van der Waals surface area (Å²) in [5, 5.41) is 2.70. The van der Waals surface area contributed by atoms with Crippen molar-refractivity contribution < 1.29 is 18.7 Å². The van der Waals surface area contributed by atoms with Crippen molar-refractivity contribution in [3.63, 3.8) is 0 Å². The Morgan fingerprint density at radius 2 is 1.73 bits per heavy atom. The third kappa shape index (κ3) is 5.12. The number of amides is 2. The second-order valence-corrected chi connectivity index (χ2v) is 8.25. The Morgan fingerprint density at radius 3 is 2.48 bits per heavy atom. The summed E-state index contributed by atoms with van der Waals surface area (Å²) in [6, 6.07) is 24.2. The summed E-state index contributed by atoms with van der Waals surface area (Å²) in [5.41, 5.74) is 2.19. The van der Waals surface area contributed by atoms with Gasteiger partial charge in [0.05, 0.1) is 19.6 Å². The van der Waals surface area contributed by atoms with Crippen LogP contribution in [-0.2, 0) is 27.2 Å². The molecule has 4 rings (SSSR count). The zero-order chi connectivity index (χ0) is 23.3. The van der Waals surface area contributed by atoms with E-state index < -0.39 is 11.4 Å². The summed E-state index contributed by atoms with van der Waals surface area (Å²) in [7, 11) is 1.56. The van der Waals surface area contributed by atoms with Crippen LogP contribution in [0.5, 0.6) is 0 Å². The molecule has 0 bridgehead atoms. The van der Waals surface area contributed by atoms with Crippen LogP contribution in [-0.4, -0.2) is 49.1 Å². The standard InChI is InChI=1S/C27H27FN2O3/c1-29-26(32)27(18-20-8-7-12-22(16-20)21-9-3-2-4-10-21)19-30(14-15-33-27)25(31)17-23-11-5-6-13-24(23)28/h2-13,16H,14-15,17-19H2,1H3,(H,29,32)/t27-/m1/s1. The molecule has 1 N–H and O–H groups in total. The van der Waals surface area contributed by atoms with Gasteiger partial charge in [-0.15, -0.1) is 0 Å². The third-order valence-electron chi connectivity index (χ3n) is 6.00. The van der Waals surface area contributed by atoms with Crippen molar-refractivity contribution in [2.24, 2.45) is 0 Å². The smallest absolute Gasteiger partial charge is 0.254 e. The lowest BCUT2D eigenvalue weighted by Crippen LogP contribution is -2.61. The van der Waals surface area contributed by atoms with Crippen molar-refractivity contribution >= 4 is 11.8 Å². The number of carbonyl (C=O) groups is 2. The van der Waals surface area contributed by atoms with Gasteiger partial charge in [-0.3, -0.25) is 9.59 Å². The van der Waals surface area contributed by atoms with E-state index in [9.17, 15) is 14.0 Å². The number of nitrogens with zero attached hydrogens (tertiary/aromatic N) is 1. The first kappa shape index (κ1) is 22.7. The molecule has 3 aromatic rings. The molecule has 0 spiro atoms. The summed E-state index contributed by atoms with van der Waals surface area (Å²) in [5.74, 6) is -0.917. The van der Waals surface area contributed by atoms with Crippen molar-refractivity contribution in [2.45, 2.75) is 18.4 Å². The Balaban J connectivity index is 1.57. The summed E-state index contributed by atoms with van der Waals surface area (Å²) in [6.45, 7) is 0.695. The number of benzene rings is 3. The summed E-state index contributed by atoms with van der Waals surface area (Å²) >= 11 is 0. The molecule has 0 aliphatic carbocycles. The highest BCUT2D eigenvalue weighted by molar-refractivity contribution is 5.87. The van der Waals surface area contributed by atoms with Crippen LogP contribution in [0.2, 0.25) is 0 Å². The van der Waals surface area contributed by atoms with Gasteiger partial charge >= 0.3 is 0 Å². The quantitative estimate of drug-likeness (QED) is 0.629. The summed E-state index contributed by atoms with van der Waals surface area (Å²) in [4.78, 5) is 27.6. The van der Waals surface area contributed by atoms with Gasteiger partial charge in [-0.2, -0.15) is 0 Å². The van der Waals surface area contributed by atoms with Crippen LogP contribution in [0.4, 0.5) is 4.39 Å². The fraction of sp³-hybridized carbons (Fsp3) is 0.259. The lowest BCUT2D eigenvalue weighted by atomic mass is 9.89. The second-order valence-electron chi connectivity index (χ2n) is 8.25. The van der Waals surface area contributed by atoms with E-state index >= 15 is 0 Å². The minimum atomic E-state index is -1.22. The molecule has 1 heterocycles. The van der Waals surface area contributed by atoms with Crippen LogP contribution in [0.1, 0.15) is 11.1 Å². The topological polar surface area (TPSA) is 58.6 Å². The number of ether oxygens (including phenoxy) is 1. The Bertz CT molecular complexity index is 1130. The van der Waals surface area contributed by atoms with E-state index in [2.05, 4.69) is 5.32 Å². The molecule has 33 heavy (non-hydrogen) atoms. The van der Waals surface area contributed by atoms with Crippen LogP contribution in [0, 0.1) is 5.82 Å². The lowest BCUT2D eigenvalue weighted by molar-refractivity contribution is -0.165. The number of hydrogen-bond donors (Lipinski definition) is 1. The molecule has 0 saturated carbocycles. The average Bonchev–Trinajstić information content (AvgIpc) is 2.85. The predicted molar refractivity (Wildman–Crippen MR) is 125 cm³/mol. The molecule has 0 unspecified atom stereocenters. The van der Waals surface area contributed by atoms with Gasteiger partial charge in [-0.05, 0) is 28.3 Å². The van der Waals surface area contributed by atoms with Crippen molar-refractivity contribution in [3.8, 4) is 11.1 Å². The molecule has 2 amide bonds. The SMILES string of the molecule is CNC(=O)[C@@]1(Cc2cccc(-c3ccccc3)c2)CN(C(=O)Cc2ccccc2F)CCO1. The number of morpholine rings is 1. The van der Waals surface area contributed by atoms with E-state index in [0.29, 0.717) is 18.5 Å². The minimum absolute atomic E-state index is 0.0556. The zero-order valence-corrected chi connectivity index (χ0v) is 18.6. The van der Waals surface area contributed by atoms with Gasteiger partial charge in [-0.1, -0.05) is 72.8 Å². The van der Waals surface area contributed by atoms with Gasteiger partial charge in [0.25, 0.3) is 5.91 Å². The highest BCUT2D eigenvalue weighted by Crippen LogP contribution is 2.27. The number of nitrogens with one attached hydrogen (secondary N) is 1. The molecule has 1 aliphatic heterocycles. The second kappa shape index (κ2) is 9.96. The van der Waals surface area contributed by atoms with Gasteiger partial charge in [0.15, 0.2) is 5.60 Å². The number of rotatable bonds is 6. The first-order chi connectivity index (χ1) is 16.0. The number of hydrogen-bond acceptors (Lipinski definition) is 3. The zero-order valence-electron chi connectivity index (χ0n) is 18.6. The Kier molecular flexibility index (Phi) is 6.84. The fourth-order valence-corrected chi connectivity index (χ4v) is 4.29. The van der Waals surface area contributed by atoms with Gasteiger partial charge in [-0.25, -0.2) is 4.39 Å². The van der Waals surface area contributed by atoms with Gasteiger partial charge < -0.3 is 15.0 Å². The van der Waals surface area contributed by atoms with Crippen LogP contribution in [0.15, 0.2) is 78.9 Å². The maximum absolute atomic E-state index is 14.1. The van der Waals surface area contributed by atoms with Gasteiger partial charge in [0, 0.05) is 20.0 Å². The van der Waals surface area contributed by atoms with Crippen LogP contribution in [0.25, 0.3) is 11.1 Å². The van der Waals surface area contributed by atoms with E-state index in [-0.39, 0.29) is 31.4 Å². The van der Waals surface area contributed by atoms with Gasteiger partial charge in [0.2, 0.25) is 5.91 Å². The van der Waals surface area contributed by atoms with Crippen molar-refractivity contribution in [3.05, 3.63) is 95.8 Å². The Hall–Kier alpha value is -3.51. The Morgan fingerprint density at radius 1 is 1.00 bits per heavy atom. The number of carbonyl (C=O) groups excluding carboxylic acids is 2. The molecule has 6 heteroatoms. The van der Waals surface area contributed by atoms with E-state index in [1.165, 1.54) is 6.07 Å². The molecule has 5 nitrogen and oxygen atoms in total. The first-order valence-electron chi connectivity index (χ1n) is 11.0. The maximum Gasteiger partial charge on any atom is 0.254 e. The van der Waals surface area contributed by atoms with Crippen LogP contribution in [0.3, 0.4) is 0 Å². The number of likely N-dealkylation sites (N-methyl/N-ethyl adjacent to an activating group) is 1. The monoisotopic (exact) mass is 446 g/mol. The molecule has 1 fully saturated rings. The fourth-order valence-electron chi connectivity index (χ4n) is 4.29. The molecular weight excluding hydrogens is 419 g/mol. The van der Waals surface area contributed by atoms with E-state index in [1.807, 2.05) is 54.6 Å². The highest BCUT2D eigenvalue weighted by Gasteiger charge is 2.44. The Labute approximate surface area is 193 Å². The van der Waals surface area contributed by atoms with Crippen molar-refractivity contribution in [1.29, 1.82) is 0 Å². The van der Waals surface area contributed by atoms with Crippen molar-refractivity contribution in [1.82, 2.24) is 10.2 Å². The number of halogens is 1. The van der Waals surface area contributed by atoms with E-state index in [1.54, 1.807) is 30.1 Å². The molecule has 170 valence electrons. The predicted octanol–water partition coefficient (Wildman–Crippen LogP) is 3.62. The largest absolute Gasteiger partial charge is 0.361 e. The third-order valence-corrected chi connectivity index (χ3v) is 6.00. The average molecular weight is 447 g/mol. The maximum atomic E-state index is 14.1. The molecule has 1 saturated heterocycles. The first-order valence-corrected chi connectivity index (χ1v) is 11.0. The molecule has 0 aromatic heterocycles. The molecule has 0 radical (unpaired) electrons. The van der Waals surface area contributed by atoms with Crippen LogP contribution >= 0.6 is 0 Å². The highest BCUT2D eigenvalue weighted by atomic mass is 19.1. The molecule has 3 aromatic carbocycles. The summed E-state index contributed by atoms with van der Waals surface area (Å²) in [6.07, 6.45) is 0.261. The van der Waals surface area contributed by atoms with Gasteiger partial charge in [0.1, 0.15) is 5.82 Å². The molecular formula is C27H27FN2O3. The normalized spacial score (nSPS) is 18.1.